The Morgan fingerprint density at radius 1 is 1.33 bits per heavy atom. The van der Waals surface area contributed by atoms with Crippen molar-refractivity contribution in [3.8, 4) is 0 Å². The van der Waals surface area contributed by atoms with Gasteiger partial charge in [0.25, 0.3) is 0 Å². The molecular formula is C15H28N2O. The van der Waals surface area contributed by atoms with Crippen molar-refractivity contribution >= 4 is 0 Å². The number of aliphatic hydroxyl groups is 1. The Bertz CT molecular complexity index is 363. The average Bonchev–Trinajstić information content (AvgIpc) is 2.68. The highest BCUT2D eigenvalue weighted by molar-refractivity contribution is 5.11. The zero-order valence-corrected chi connectivity index (χ0v) is 12.5. The third kappa shape index (κ3) is 4.81. The van der Waals surface area contributed by atoms with Crippen molar-refractivity contribution in [3.05, 3.63) is 17.5 Å². The monoisotopic (exact) mass is 252 g/mol. The normalized spacial score (nSPS) is 13.9. The molecule has 18 heavy (non-hydrogen) atoms. The highest BCUT2D eigenvalue weighted by Gasteiger charge is 2.16. The molecule has 0 aliphatic heterocycles. The van der Waals surface area contributed by atoms with Gasteiger partial charge < -0.3 is 5.11 Å². The summed E-state index contributed by atoms with van der Waals surface area (Å²) in [5.74, 6) is 0. The lowest BCUT2D eigenvalue weighted by molar-refractivity contribution is 0.143. The minimum atomic E-state index is -0.254. The number of rotatable bonds is 6. The molecule has 1 aromatic heterocycles. The van der Waals surface area contributed by atoms with Crippen LogP contribution in [0.1, 0.15) is 58.8 Å². The Labute approximate surface area is 111 Å². The van der Waals surface area contributed by atoms with Gasteiger partial charge in [-0.2, -0.15) is 5.10 Å². The zero-order chi connectivity index (χ0) is 13.8. The summed E-state index contributed by atoms with van der Waals surface area (Å²) in [5, 5.41) is 14.6. The van der Waals surface area contributed by atoms with Gasteiger partial charge >= 0.3 is 0 Å². The fourth-order valence-electron chi connectivity index (χ4n) is 2.07. The number of nitrogens with zero attached hydrogens (tertiary/aromatic N) is 2. The predicted molar refractivity (Wildman–Crippen MR) is 75.7 cm³/mol. The molecule has 104 valence electrons. The maximum absolute atomic E-state index is 10.1. The third-order valence-electron chi connectivity index (χ3n) is 3.25. The number of hydrogen-bond acceptors (Lipinski definition) is 2. The highest BCUT2D eigenvalue weighted by atomic mass is 16.3. The summed E-state index contributed by atoms with van der Waals surface area (Å²) < 4.78 is 2.01. The maximum atomic E-state index is 10.1. The molecule has 0 aromatic carbocycles. The summed E-state index contributed by atoms with van der Waals surface area (Å²) in [4.78, 5) is 0. The van der Waals surface area contributed by atoms with Crippen LogP contribution >= 0.6 is 0 Å². The van der Waals surface area contributed by atoms with Crippen molar-refractivity contribution in [2.75, 3.05) is 0 Å². The fourth-order valence-corrected chi connectivity index (χ4v) is 2.07. The summed E-state index contributed by atoms with van der Waals surface area (Å²) in [6.45, 7) is 11.7. The van der Waals surface area contributed by atoms with Crippen LogP contribution in [0.2, 0.25) is 0 Å². The minimum Gasteiger partial charge on any atom is -0.393 e. The quantitative estimate of drug-likeness (QED) is 0.844. The Morgan fingerprint density at radius 2 is 2.00 bits per heavy atom. The molecule has 1 atom stereocenters. The molecular weight excluding hydrogens is 224 g/mol. The Morgan fingerprint density at radius 3 is 2.50 bits per heavy atom. The van der Waals surface area contributed by atoms with Crippen LogP contribution in [-0.4, -0.2) is 21.0 Å². The van der Waals surface area contributed by atoms with Crippen molar-refractivity contribution in [1.82, 2.24) is 9.78 Å². The van der Waals surface area contributed by atoms with E-state index in [0.717, 1.165) is 43.6 Å². The molecule has 1 unspecified atom stereocenters. The minimum absolute atomic E-state index is 0.254. The van der Waals surface area contributed by atoms with Crippen LogP contribution in [0.3, 0.4) is 0 Å². The molecule has 0 amide bonds. The van der Waals surface area contributed by atoms with Crippen LogP contribution in [0.5, 0.6) is 0 Å². The highest BCUT2D eigenvalue weighted by Crippen LogP contribution is 2.22. The van der Waals surface area contributed by atoms with E-state index in [4.69, 9.17) is 0 Å². The van der Waals surface area contributed by atoms with Gasteiger partial charge in [0.05, 0.1) is 11.8 Å². The van der Waals surface area contributed by atoms with Crippen LogP contribution in [0.4, 0.5) is 0 Å². The van der Waals surface area contributed by atoms with Gasteiger partial charge in [-0.3, -0.25) is 4.68 Å². The summed E-state index contributed by atoms with van der Waals surface area (Å²) in [6.07, 6.45) is 3.33. The largest absolute Gasteiger partial charge is 0.393 e. The van der Waals surface area contributed by atoms with Crippen LogP contribution in [-0.2, 0) is 19.4 Å². The second-order valence-electron chi connectivity index (χ2n) is 6.25. The summed E-state index contributed by atoms with van der Waals surface area (Å²) in [5.41, 5.74) is 2.58. The molecule has 1 heterocycles. The third-order valence-corrected chi connectivity index (χ3v) is 3.25. The first-order valence-electron chi connectivity index (χ1n) is 7.09. The van der Waals surface area contributed by atoms with Crippen molar-refractivity contribution in [2.45, 2.75) is 73.0 Å². The molecule has 1 N–H and O–H groups in total. The van der Waals surface area contributed by atoms with E-state index in [2.05, 4.69) is 45.8 Å². The Balaban J connectivity index is 2.58. The molecule has 0 aliphatic carbocycles. The zero-order valence-electron chi connectivity index (χ0n) is 12.5. The molecule has 0 spiro atoms. The van der Waals surface area contributed by atoms with Gasteiger partial charge in [-0.25, -0.2) is 0 Å². The maximum Gasteiger partial charge on any atom is 0.0624 e. The first-order chi connectivity index (χ1) is 8.35. The standard InChI is InChI=1S/C15H28N2O/c1-6-12-10-13(17(7-2)16-12)11-14(18)8-9-15(3,4)5/h10,14,18H,6-9,11H2,1-5H3. The van der Waals surface area contributed by atoms with Crippen LogP contribution in [0, 0.1) is 5.41 Å². The molecule has 1 aromatic rings. The summed E-state index contributed by atoms with van der Waals surface area (Å²) >= 11 is 0. The lowest BCUT2D eigenvalue weighted by atomic mass is 9.88. The van der Waals surface area contributed by atoms with E-state index in [1.807, 2.05) is 4.68 Å². The van der Waals surface area contributed by atoms with Crippen LogP contribution in [0.25, 0.3) is 0 Å². The van der Waals surface area contributed by atoms with Gasteiger partial charge in [0.15, 0.2) is 0 Å². The second kappa shape index (κ2) is 6.37. The van der Waals surface area contributed by atoms with E-state index in [-0.39, 0.29) is 6.10 Å². The van der Waals surface area contributed by atoms with Crippen molar-refractivity contribution < 1.29 is 5.11 Å². The molecule has 1 rings (SSSR count). The van der Waals surface area contributed by atoms with Crippen LogP contribution < -0.4 is 0 Å². The van der Waals surface area contributed by atoms with Crippen LogP contribution in [0.15, 0.2) is 6.07 Å². The van der Waals surface area contributed by atoms with E-state index in [9.17, 15) is 5.11 Å². The first-order valence-corrected chi connectivity index (χ1v) is 7.09. The van der Waals surface area contributed by atoms with E-state index in [0.29, 0.717) is 5.41 Å². The van der Waals surface area contributed by atoms with E-state index in [1.165, 1.54) is 0 Å². The van der Waals surface area contributed by atoms with Crippen molar-refractivity contribution in [2.24, 2.45) is 5.41 Å². The number of aryl methyl sites for hydroxylation is 2. The van der Waals surface area contributed by atoms with Gasteiger partial charge in [-0.1, -0.05) is 27.7 Å². The Hall–Kier alpha value is -0.830. The van der Waals surface area contributed by atoms with Gasteiger partial charge in [0, 0.05) is 18.7 Å². The van der Waals surface area contributed by atoms with E-state index >= 15 is 0 Å². The summed E-state index contributed by atoms with van der Waals surface area (Å²) in [6, 6.07) is 2.13. The second-order valence-corrected chi connectivity index (χ2v) is 6.25. The number of aliphatic hydroxyl groups excluding tert-OH is 1. The molecule has 3 nitrogen and oxygen atoms in total. The topological polar surface area (TPSA) is 38.0 Å². The molecule has 0 aliphatic rings. The van der Waals surface area contributed by atoms with Crippen molar-refractivity contribution in [1.29, 1.82) is 0 Å². The number of hydrogen-bond donors (Lipinski definition) is 1. The lowest BCUT2D eigenvalue weighted by Gasteiger charge is -2.20. The molecule has 0 saturated heterocycles. The Kier molecular flexibility index (Phi) is 5.39. The fraction of sp³-hybridized carbons (Fsp3) is 0.800. The van der Waals surface area contributed by atoms with Gasteiger partial charge in [0.2, 0.25) is 0 Å². The first kappa shape index (κ1) is 15.2. The molecule has 0 fully saturated rings. The smallest absolute Gasteiger partial charge is 0.0624 e. The molecule has 0 bridgehead atoms. The van der Waals surface area contributed by atoms with Gasteiger partial charge in [-0.15, -0.1) is 0 Å². The lowest BCUT2D eigenvalue weighted by Crippen LogP contribution is -2.17. The van der Waals surface area contributed by atoms with Gasteiger partial charge in [-0.05, 0) is 37.7 Å². The number of aromatic nitrogens is 2. The van der Waals surface area contributed by atoms with E-state index < -0.39 is 0 Å². The van der Waals surface area contributed by atoms with Gasteiger partial charge in [0.1, 0.15) is 0 Å². The summed E-state index contributed by atoms with van der Waals surface area (Å²) in [7, 11) is 0. The van der Waals surface area contributed by atoms with Crippen molar-refractivity contribution in [3.63, 3.8) is 0 Å². The van der Waals surface area contributed by atoms with E-state index in [1.54, 1.807) is 0 Å². The molecule has 0 saturated carbocycles. The average molecular weight is 252 g/mol. The predicted octanol–water partition coefficient (Wildman–Crippen LogP) is 3.20. The SMILES string of the molecule is CCc1cc(CC(O)CCC(C)(C)C)n(CC)n1. The molecule has 3 heteroatoms. The molecule has 0 radical (unpaired) electrons.